The van der Waals surface area contributed by atoms with Crippen LogP contribution in [0.3, 0.4) is 0 Å². The molecule has 128 valence electrons. The van der Waals surface area contributed by atoms with Gasteiger partial charge in [0.2, 0.25) is 0 Å². The van der Waals surface area contributed by atoms with Gasteiger partial charge < -0.3 is 9.47 Å². The van der Waals surface area contributed by atoms with Crippen molar-refractivity contribution >= 4 is 11.4 Å². The van der Waals surface area contributed by atoms with Crippen molar-refractivity contribution in [3.05, 3.63) is 64.2 Å². The van der Waals surface area contributed by atoms with Gasteiger partial charge in [-0.1, -0.05) is 36.8 Å². The van der Waals surface area contributed by atoms with Crippen LogP contribution in [0.25, 0.3) is 5.57 Å². The Morgan fingerprint density at radius 3 is 2.40 bits per heavy atom. The van der Waals surface area contributed by atoms with Crippen LogP contribution in [0.4, 0.5) is 0 Å². The third-order valence-electron chi connectivity index (χ3n) is 6.17. The lowest BCUT2D eigenvalue weighted by atomic mass is 9.62. The lowest BCUT2D eigenvalue weighted by Crippen LogP contribution is -2.34. The Bertz CT molecular complexity index is 938. The van der Waals surface area contributed by atoms with Crippen molar-refractivity contribution in [2.45, 2.75) is 32.1 Å². The molecular weight excluding hydrogens is 312 g/mol. The minimum Gasteiger partial charge on any atom is -0.497 e. The fraction of sp³-hybridized carbons (Fsp3) is 0.318. The number of carbonyl (C=O) groups excluding carboxylic acids is 1. The molecule has 2 aromatic carbocycles. The Balaban J connectivity index is 2.10. The zero-order valence-corrected chi connectivity index (χ0v) is 15.3. The van der Waals surface area contributed by atoms with Gasteiger partial charge in [0.1, 0.15) is 11.5 Å². The number of Topliss-reactive ketones (excluding diaryl/α,β-unsaturated/α-hetero) is 1. The SMILES string of the molecule is COc1cc(OC)c2c(c1)C(=O)[C@H]1c3ccccc3C(C)=C(C)[C@@]21C. The molecule has 0 unspecified atom stereocenters. The topological polar surface area (TPSA) is 35.5 Å². The highest BCUT2D eigenvalue weighted by atomic mass is 16.5. The van der Waals surface area contributed by atoms with Crippen LogP contribution in [0.15, 0.2) is 42.0 Å². The molecule has 2 aromatic rings. The Morgan fingerprint density at radius 2 is 1.72 bits per heavy atom. The predicted octanol–water partition coefficient (Wildman–Crippen LogP) is 4.75. The third-order valence-corrected chi connectivity index (χ3v) is 6.17. The number of fused-ring (bicyclic) bond motifs is 5. The number of hydrogen-bond acceptors (Lipinski definition) is 3. The van der Waals surface area contributed by atoms with Gasteiger partial charge in [-0.15, -0.1) is 0 Å². The van der Waals surface area contributed by atoms with E-state index in [1.807, 2.05) is 24.3 Å². The van der Waals surface area contributed by atoms with Crippen LogP contribution in [0.1, 0.15) is 53.7 Å². The molecule has 2 aliphatic rings. The van der Waals surface area contributed by atoms with E-state index in [9.17, 15) is 4.79 Å². The van der Waals surface area contributed by atoms with E-state index in [2.05, 4.69) is 32.9 Å². The van der Waals surface area contributed by atoms with Gasteiger partial charge in [-0.25, -0.2) is 0 Å². The molecule has 0 saturated carbocycles. The summed E-state index contributed by atoms with van der Waals surface area (Å²) in [5.74, 6) is 1.30. The molecule has 0 N–H and O–H groups in total. The zero-order chi connectivity index (χ0) is 17.9. The molecule has 0 radical (unpaired) electrons. The van der Waals surface area contributed by atoms with Crippen LogP contribution in [0, 0.1) is 0 Å². The summed E-state index contributed by atoms with van der Waals surface area (Å²) in [5, 5.41) is 0. The first-order valence-corrected chi connectivity index (χ1v) is 8.53. The first kappa shape index (κ1) is 15.9. The fourth-order valence-electron chi connectivity index (χ4n) is 4.70. The van der Waals surface area contributed by atoms with E-state index in [1.165, 1.54) is 16.7 Å². The molecule has 3 heteroatoms. The molecule has 2 aliphatic carbocycles. The molecule has 0 spiro atoms. The van der Waals surface area contributed by atoms with Gasteiger partial charge >= 0.3 is 0 Å². The van der Waals surface area contributed by atoms with Crippen molar-refractivity contribution in [2.24, 2.45) is 0 Å². The summed E-state index contributed by atoms with van der Waals surface area (Å²) in [5.41, 5.74) is 6.05. The van der Waals surface area contributed by atoms with Gasteiger partial charge in [-0.3, -0.25) is 4.79 Å². The van der Waals surface area contributed by atoms with Gasteiger partial charge in [0.15, 0.2) is 5.78 Å². The highest BCUT2D eigenvalue weighted by Crippen LogP contribution is 2.60. The van der Waals surface area contributed by atoms with Crippen LogP contribution in [-0.4, -0.2) is 20.0 Å². The fourth-order valence-corrected chi connectivity index (χ4v) is 4.70. The largest absolute Gasteiger partial charge is 0.497 e. The van der Waals surface area contributed by atoms with E-state index in [-0.39, 0.29) is 11.7 Å². The number of benzene rings is 2. The van der Waals surface area contributed by atoms with Gasteiger partial charge in [-0.2, -0.15) is 0 Å². The second kappa shape index (κ2) is 5.22. The van der Waals surface area contributed by atoms with E-state index in [1.54, 1.807) is 14.2 Å². The van der Waals surface area contributed by atoms with Crippen LogP contribution < -0.4 is 9.47 Å². The predicted molar refractivity (Wildman–Crippen MR) is 98.7 cm³/mol. The molecule has 0 bridgehead atoms. The van der Waals surface area contributed by atoms with Gasteiger partial charge in [0, 0.05) is 22.6 Å². The van der Waals surface area contributed by atoms with Crippen molar-refractivity contribution in [1.29, 1.82) is 0 Å². The highest BCUT2D eigenvalue weighted by molar-refractivity contribution is 6.11. The smallest absolute Gasteiger partial charge is 0.172 e. The summed E-state index contributed by atoms with van der Waals surface area (Å²) in [7, 11) is 3.26. The normalized spacial score (nSPS) is 23.9. The Kier molecular flexibility index (Phi) is 3.33. The second-order valence-electron chi connectivity index (χ2n) is 7.09. The standard InChI is InChI=1S/C22H22O3/c1-12-13(2)22(3)19-17(10-14(24-4)11-18(19)25-5)21(23)20(22)16-9-7-6-8-15(12)16/h6-11,20H,1-5H3/t20-,22+/m1/s1. The van der Waals surface area contributed by atoms with Crippen LogP contribution >= 0.6 is 0 Å². The number of hydrogen-bond donors (Lipinski definition) is 0. The summed E-state index contributed by atoms with van der Waals surface area (Å²) in [6, 6.07) is 12.0. The molecule has 4 rings (SSSR count). The van der Waals surface area contributed by atoms with Crippen molar-refractivity contribution in [3.8, 4) is 11.5 Å². The molecule has 0 saturated heterocycles. The van der Waals surface area contributed by atoms with E-state index < -0.39 is 5.41 Å². The first-order chi connectivity index (χ1) is 11.9. The molecule has 25 heavy (non-hydrogen) atoms. The van der Waals surface area contributed by atoms with Crippen molar-refractivity contribution in [1.82, 2.24) is 0 Å². The average Bonchev–Trinajstić information content (AvgIpc) is 2.87. The lowest BCUT2D eigenvalue weighted by molar-refractivity contribution is 0.0952. The van der Waals surface area contributed by atoms with E-state index in [0.29, 0.717) is 11.3 Å². The molecular formula is C22H22O3. The van der Waals surface area contributed by atoms with E-state index >= 15 is 0 Å². The minimum absolute atomic E-state index is 0.147. The van der Waals surface area contributed by atoms with Crippen molar-refractivity contribution in [3.63, 3.8) is 0 Å². The molecule has 0 fully saturated rings. The van der Waals surface area contributed by atoms with Crippen molar-refractivity contribution in [2.75, 3.05) is 14.2 Å². The Morgan fingerprint density at radius 1 is 1.00 bits per heavy atom. The highest BCUT2D eigenvalue weighted by Gasteiger charge is 2.55. The minimum atomic E-state index is -0.400. The number of rotatable bonds is 2. The molecule has 2 atom stereocenters. The number of carbonyl (C=O) groups is 1. The summed E-state index contributed by atoms with van der Waals surface area (Å²) in [6.07, 6.45) is 0. The van der Waals surface area contributed by atoms with E-state index in [0.717, 1.165) is 16.9 Å². The Hall–Kier alpha value is -2.55. The summed E-state index contributed by atoms with van der Waals surface area (Å²) in [6.45, 7) is 6.46. The maximum absolute atomic E-state index is 13.5. The average molecular weight is 334 g/mol. The maximum atomic E-state index is 13.5. The number of allylic oxidation sites excluding steroid dienone is 2. The van der Waals surface area contributed by atoms with Crippen LogP contribution in [0.5, 0.6) is 11.5 Å². The van der Waals surface area contributed by atoms with E-state index in [4.69, 9.17) is 9.47 Å². The van der Waals surface area contributed by atoms with Gasteiger partial charge in [-0.05, 0) is 36.6 Å². The molecule has 0 aromatic heterocycles. The van der Waals surface area contributed by atoms with Gasteiger partial charge in [0.05, 0.1) is 20.1 Å². The van der Waals surface area contributed by atoms with Gasteiger partial charge in [0.25, 0.3) is 0 Å². The van der Waals surface area contributed by atoms with Crippen molar-refractivity contribution < 1.29 is 14.3 Å². The molecule has 0 aliphatic heterocycles. The summed E-state index contributed by atoms with van der Waals surface area (Å²) < 4.78 is 11.1. The molecule has 0 amide bonds. The first-order valence-electron chi connectivity index (χ1n) is 8.53. The van der Waals surface area contributed by atoms with Crippen LogP contribution in [0.2, 0.25) is 0 Å². The summed E-state index contributed by atoms with van der Waals surface area (Å²) in [4.78, 5) is 13.5. The number of ketones is 1. The lowest BCUT2D eigenvalue weighted by Gasteiger charge is -2.40. The third kappa shape index (κ3) is 1.84. The quantitative estimate of drug-likeness (QED) is 0.795. The monoisotopic (exact) mass is 334 g/mol. The number of methoxy groups -OCH3 is 2. The summed E-state index contributed by atoms with van der Waals surface area (Å²) >= 11 is 0. The molecule has 3 nitrogen and oxygen atoms in total. The van der Waals surface area contributed by atoms with Crippen LogP contribution in [-0.2, 0) is 5.41 Å². The number of ether oxygens (including phenoxy) is 2. The Labute approximate surface area is 148 Å². The second-order valence-corrected chi connectivity index (χ2v) is 7.09. The molecule has 0 heterocycles. The zero-order valence-electron chi connectivity index (χ0n) is 15.3. The maximum Gasteiger partial charge on any atom is 0.172 e.